The maximum absolute atomic E-state index is 10.9. The molecule has 0 fully saturated rings. The van der Waals surface area contributed by atoms with E-state index in [2.05, 4.69) is 20.5 Å². The predicted molar refractivity (Wildman–Crippen MR) is 59.0 cm³/mol. The second-order valence-electron chi connectivity index (χ2n) is 3.15. The first-order valence-electron chi connectivity index (χ1n) is 4.44. The summed E-state index contributed by atoms with van der Waals surface area (Å²) >= 11 is 1.16. The maximum atomic E-state index is 10.9. The van der Waals surface area contributed by atoms with E-state index < -0.39 is 0 Å². The Morgan fingerprint density at radius 2 is 2.47 bits per heavy atom. The van der Waals surface area contributed by atoms with Crippen molar-refractivity contribution < 1.29 is 0 Å². The van der Waals surface area contributed by atoms with Gasteiger partial charge < -0.3 is 10.3 Å². The monoisotopic (exact) mass is 222 g/mol. The summed E-state index contributed by atoms with van der Waals surface area (Å²) in [5.41, 5.74) is 1.90. The van der Waals surface area contributed by atoms with Crippen LogP contribution >= 0.6 is 11.3 Å². The fraction of sp³-hybridized carbons (Fsp3) is 0.222. The molecular weight excluding hydrogens is 212 g/mol. The van der Waals surface area contributed by atoms with Crippen molar-refractivity contribution in [2.24, 2.45) is 0 Å². The minimum absolute atomic E-state index is 0.0397. The van der Waals surface area contributed by atoms with Crippen LogP contribution in [-0.2, 0) is 6.54 Å². The number of nitrogens with one attached hydrogen (secondary N) is 2. The van der Waals surface area contributed by atoms with Crippen LogP contribution in [0.25, 0.3) is 0 Å². The van der Waals surface area contributed by atoms with Gasteiger partial charge in [0.25, 0.3) is 0 Å². The van der Waals surface area contributed by atoms with E-state index in [0.717, 1.165) is 22.6 Å². The van der Waals surface area contributed by atoms with Crippen molar-refractivity contribution in [2.75, 3.05) is 5.32 Å². The molecule has 2 aromatic rings. The van der Waals surface area contributed by atoms with Crippen molar-refractivity contribution in [3.05, 3.63) is 38.6 Å². The molecule has 0 aliphatic rings. The van der Waals surface area contributed by atoms with Crippen molar-refractivity contribution in [2.45, 2.75) is 13.5 Å². The Balaban J connectivity index is 2.02. The van der Waals surface area contributed by atoms with Crippen LogP contribution in [0.4, 0.5) is 5.82 Å². The third kappa shape index (κ3) is 2.63. The van der Waals surface area contributed by atoms with Crippen molar-refractivity contribution in [3.8, 4) is 0 Å². The van der Waals surface area contributed by atoms with Crippen molar-refractivity contribution in [1.29, 1.82) is 0 Å². The van der Waals surface area contributed by atoms with Gasteiger partial charge in [-0.15, -0.1) is 5.10 Å². The molecule has 0 bridgehead atoms. The molecule has 0 aromatic carbocycles. The Hall–Kier alpha value is -1.69. The van der Waals surface area contributed by atoms with Gasteiger partial charge in [0, 0.05) is 11.1 Å². The van der Waals surface area contributed by atoms with Gasteiger partial charge in [0.05, 0.1) is 12.7 Å². The summed E-state index contributed by atoms with van der Waals surface area (Å²) in [4.78, 5) is 13.5. The van der Waals surface area contributed by atoms with E-state index in [-0.39, 0.29) is 4.87 Å². The van der Waals surface area contributed by atoms with E-state index >= 15 is 0 Å². The van der Waals surface area contributed by atoms with Gasteiger partial charge in [0.15, 0.2) is 0 Å². The lowest BCUT2D eigenvalue weighted by Crippen LogP contribution is -2.04. The largest absolute Gasteiger partial charge is 0.363 e. The number of aromatic nitrogens is 3. The molecule has 2 rings (SSSR count). The van der Waals surface area contributed by atoms with E-state index in [9.17, 15) is 4.79 Å². The highest BCUT2D eigenvalue weighted by Gasteiger charge is 1.98. The Labute approximate surface area is 90.2 Å². The molecule has 78 valence electrons. The van der Waals surface area contributed by atoms with Gasteiger partial charge in [0.2, 0.25) is 0 Å². The Bertz CT molecular complexity index is 505. The van der Waals surface area contributed by atoms with Gasteiger partial charge in [-0.1, -0.05) is 11.3 Å². The highest BCUT2D eigenvalue weighted by Crippen LogP contribution is 2.05. The summed E-state index contributed by atoms with van der Waals surface area (Å²) in [6.07, 6.45) is 1.69. The molecule has 0 unspecified atom stereocenters. The first-order valence-corrected chi connectivity index (χ1v) is 5.32. The maximum Gasteiger partial charge on any atom is 0.304 e. The number of hydrogen-bond acceptors (Lipinski definition) is 5. The smallest absolute Gasteiger partial charge is 0.304 e. The molecule has 2 aromatic heterocycles. The van der Waals surface area contributed by atoms with Crippen LogP contribution in [0.1, 0.15) is 11.3 Å². The number of nitrogens with zero attached hydrogens (tertiary/aromatic N) is 2. The summed E-state index contributed by atoms with van der Waals surface area (Å²) in [7, 11) is 0. The topological polar surface area (TPSA) is 70.7 Å². The molecule has 6 heteroatoms. The Morgan fingerprint density at radius 3 is 3.13 bits per heavy atom. The van der Waals surface area contributed by atoms with Crippen molar-refractivity contribution in [1.82, 2.24) is 15.2 Å². The number of hydrogen-bond donors (Lipinski definition) is 2. The van der Waals surface area contributed by atoms with Crippen molar-refractivity contribution in [3.63, 3.8) is 0 Å². The van der Waals surface area contributed by atoms with E-state index in [1.54, 1.807) is 11.6 Å². The lowest BCUT2D eigenvalue weighted by molar-refractivity contribution is 0.973. The lowest BCUT2D eigenvalue weighted by Gasteiger charge is -2.02. The summed E-state index contributed by atoms with van der Waals surface area (Å²) in [5.74, 6) is 0.710. The molecule has 0 radical (unpaired) electrons. The number of anilines is 1. The third-order valence-electron chi connectivity index (χ3n) is 1.82. The molecule has 2 heterocycles. The summed E-state index contributed by atoms with van der Waals surface area (Å²) in [6, 6.07) is 1.90. The highest BCUT2D eigenvalue weighted by atomic mass is 32.1. The molecule has 2 N–H and O–H groups in total. The van der Waals surface area contributed by atoms with Crippen LogP contribution in [0.2, 0.25) is 0 Å². The third-order valence-corrected chi connectivity index (χ3v) is 2.54. The van der Waals surface area contributed by atoms with Crippen molar-refractivity contribution >= 4 is 17.2 Å². The lowest BCUT2D eigenvalue weighted by atomic mass is 10.3. The van der Waals surface area contributed by atoms with Crippen LogP contribution in [0, 0.1) is 6.92 Å². The molecule has 0 saturated carbocycles. The molecule has 0 spiro atoms. The summed E-state index contributed by atoms with van der Waals surface area (Å²) < 4.78 is 0. The SMILES string of the molecule is Cc1cnnc(NCc2csc(=O)[nH]2)c1. The average molecular weight is 222 g/mol. The zero-order chi connectivity index (χ0) is 10.7. The zero-order valence-electron chi connectivity index (χ0n) is 8.15. The molecule has 5 nitrogen and oxygen atoms in total. The minimum atomic E-state index is -0.0397. The van der Waals surface area contributed by atoms with E-state index in [1.165, 1.54) is 0 Å². The molecular formula is C9H10N4OS. The predicted octanol–water partition coefficient (Wildman–Crippen LogP) is 1.15. The van der Waals surface area contributed by atoms with Gasteiger partial charge in [-0.05, 0) is 18.6 Å². The Kier molecular flexibility index (Phi) is 2.77. The van der Waals surface area contributed by atoms with E-state index in [4.69, 9.17) is 0 Å². The standard InChI is InChI=1S/C9H10N4OS/c1-6-2-8(13-11-3-6)10-4-7-5-15-9(14)12-7/h2-3,5H,4H2,1H3,(H,10,13)(H,12,14). The Morgan fingerprint density at radius 1 is 1.60 bits per heavy atom. The number of H-pyrrole nitrogens is 1. The molecule has 0 aliphatic heterocycles. The summed E-state index contributed by atoms with van der Waals surface area (Å²) in [5, 5.41) is 12.6. The summed E-state index contributed by atoms with van der Waals surface area (Å²) in [6.45, 7) is 2.50. The first-order chi connectivity index (χ1) is 7.24. The quantitative estimate of drug-likeness (QED) is 0.817. The normalized spacial score (nSPS) is 10.2. The first kappa shape index (κ1) is 9.85. The van der Waals surface area contributed by atoms with Gasteiger partial charge >= 0.3 is 4.87 Å². The zero-order valence-corrected chi connectivity index (χ0v) is 8.97. The average Bonchev–Trinajstić information content (AvgIpc) is 2.62. The molecule has 0 saturated heterocycles. The van der Waals surface area contributed by atoms with Crippen LogP contribution in [-0.4, -0.2) is 15.2 Å². The molecule has 0 aliphatic carbocycles. The van der Waals surface area contributed by atoms with Gasteiger partial charge in [-0.25, -0.2) is 0 Å². The molecule has 15 heavy (non-hydrogen) atoms. The van der Waals surface area contributed by atoms with Crippen LogP contribution in [0.5, 0.6) is 0 Å². The highest BCUT2D eigenvalue weighted by molar-refractivity contribution is 7.07. The van der Waals surface area contributed by atoms with E-state index in [0.29, 0.717) is 12.4 Å². The molecule has 0 amide bonds. The second kappa shape index (κ2) is 4.22. The number of thiazole rings is 1. The number of aromatic amines is 1. The number of aryl methyl sites for hydroxylation is 1. The minimum Gasteiger partial charge on any atom is -0.363 e. The number of rotatable bonds is 3. The van der Waals surface area contributed by atoms with Gasteiger partial charge in [-0.3, -0.25) is 4.79 Å². The molecule has 0 atom stereocenters. The van der Waals surface area contributed by atoms with Gasteiger partial charge in [0.1, 0.15) is 5.82 Å². The van der Waals surface area contributed by atoms with Gasteiger partial charge in [-0.2, -0.15) is 5.10 Å². The second-order valence-corrected chi connectivity index (χ2v) is 3.99. The van der Waals surface area contributed by atoms with Crippen LogP contribution in [0.15, 0.2) is 22.4 Å². The fourth-order valence-corrected chi connectivity index (χ4v) is 1.72. The van der Waals surface area contributed by atoms with E-state index in [1.807, 2.05) is 13.0 Å². The fourth-order valence-electron chi connectivity index (χ4n) is 1.14. The van der Waals surface area contributed by atoms with Crippen LogP contribution < -0.4 is 10.2 Å². The van der Waals surface area contributed by atoms with Crippen LogP contribution in [0.3, 0.4) is 0 Å².